The molecule has 116 valence electrons. The molecule has 0 aliphatic rings. The van der Waals surface area contributed by atoms with E-state index >= 15 is 0 Å². The van der Waals surface area contributed by atoms with E-state index in [1.807, 2.05) is 0 Å². The number of phenolic OH excluding ortho intramolecular Hbond substituents is 1. The van der Waals surface area contributed by atoms with Gasteiger partial charge in [0.25, 0.3) is 5.56 Å². The molecule has 8 heteroatoms. The van der Waals surface area contributed by atoms with Crippen LogP contribution in [-0.4, -0.2) is 15.3 Å². The van der Waals surface area contributed by atoms with Crippen molar-refractivity contribution >= 4 is 34.6 Å². The van der Waals surface area contributed by atoms with Gasteiger partial charge in [-0.05, 0) is 30.3 Å². The highest BCUT2D eigenvalue weighted by molar-refractivity contribution is 6.35. The van der Waals surface area contributed by atoms with Gasteiger partial charge in [-0.1, -0.05) is 35.3 Å². The van der Waals surface area contributed by atoms with Gasteiger partial charge in [0.2, 0.25) is 0 Å². The molecular formula is C15H10Cl2N4O2. The third-order valence-corrected chi connectivity index (χ3v) is 3.65. The Kier molecular flexibility index (Phi) is 4.18. The van der Waals surface area contributed by atoms with Gasteiger partial charge in [-0.3, -0.25) is 15.0 Å². The molecule has 0 spiro atoms. The van der Waals surface area contributed by atoms with Gasteiger partial charge in [0, 0.05) is 10.6 Å². The minimum absolute atomic E-state index is 0.0139. The summed E-state index contributed by atoms with van der Waals surface area (Å²) in [5.74, 6) is 0.0139. The molecule has 23 heavy (non-hydrogen) atoms. The highest BCUT2D eigenvalue weighted by Gasteiger charge is 2.14. The predicted molar refractivity (Wildman–Crippen MR) is 89.2 cm³/mol. The number of hydrogen-bond donors (Lipinski definition) is 3. The van der Waals surface area contributed by atoms with Crippen molar-refractivity contribution in [1.82, 2.24) is 10.2 Å². The van der Waals surface area contributed by atoms with Crippen LogP contribution < -0.4 is 5.56 Å². The lowest BCUT2D eigenvalue weighted by atomic mass is 10.1. The van der Waals surface area contributed by atoms with Crippen LogP contribution in [-0.2, 0) is 0 Å². The van der Waals surface area contributed by atoms with Crippen molar-refractivity contribution in [3.8, 4) is 17.0 Å². The van der Waals surface area contributed by atoms with Crippen LogP contribution in [0.4, 0.5) is 11.4 Å². The van der Waals surface area contributed by atoms with E-state index in [2.05, 4.69) is 20.4 Å². The third-order valence-electron chi connectivity index (χ3n) is 3.09. The fourth-order valence-electron chi connectivity index (χ4n) is 1.99. The number of phenols is 1. The molecule has 1 aromatic heterocycles. The molecule has 3 rings (SSSR count). The summed E-state index contributed by atoms with van der Waals surface area (Å²) in [7, 11) is 0. The average molecular weight is 349 g/mol. The second kappa shape index (κ2) is 6.28. The monoisotopic (exact) mass is 348 g/mol. The maximum Gasteiger partial charge on any atom is 0.292 e. The van der Waals surface area contributed by atoms with Crippen LogP contribution in [0.1, 0.15) is 0 Å². The molecule has 0 unspecified atom stereocenters. The fourth-order valence-corrected chi connectivity index (χ4v) is 2.31. The van der Waals surface area contributed by atoms with Crippen molar-refractivity contribution in [2.24, 2.45) is 10.2 Å². The lowest BCUT2D eigenvalue weighted by Gasteiger charge is -2.02. The molecule has 0 aliphatic carbocycles. The maximum absolute atomic E-state index is 11.9. The van der Waals surface area contributed by atoms with E-state index in [1.54, 1.807) is 30.3 Å². The summed E-state index contributed by atoms with van der Waals surface area (Å²) in [5.41, 5.74) is 0.655. The Morgan fingerprint density at radius 2 is 1.78 bits per heavy atom. The van der Waals surface area contributed by atoms with E-state index < -0.39 is 5.56 Å². The van der Waals surface area contributed by atoms with Gasteiger partial charge >= 0.3 is 0 Å². The summed E-state index contributed by atoms with van der Waals surface area (Å²) in [6.07, 6.45) is 0. The lowest BCUT2D eigenvalue weighted by molar-refractivity contribution is 0.477. The zero-order valence-electron chi connectivity index (χ0n) is 11.5. The highest BCUT2D eigenvalue weighted by atomic mass is 35.5. The molecule has 6 nitrogen and oxygen atoms in total. The number of azo groups is 1. The first-order chi connectivity index (χ1) is 11.1. The van der Waals surface area contributed by atoms with E-state index in [-0.39, 0.29) is 11.4 Å². The molecule has 0 aliphatic heterocycles. The summed E-state index contributed by atoms with van der Waals surface area (Å²) in [6.45, 7) is 0. The number of nitrogens with zero attached hydrogens (tertiary/aromatic N) is 2. The minimum Gasteiger partial charge on any atom is -0.507 e. The van der Waals surface area contributed by atoms with E-state index in [9.17, 15) is 9.90 Å². The van der Waals surface area contributed by atoms with Crippen LogP contribution in [0.5, 0.6) is 5.75 Å². The van der Waals surface area contributed by atoms with Crippen molar-refractivity contribution in [1.29, 1.82) is 0 Å². The van der Waals surface area contributed by atoms with Crippen molar-refractivity contribution in [2.45, 2.75) is 0 Å². The molecule has 3 N–H and O–H groups in total. The maximum atomic E-state index is 11.9. The summed E-state index contributed by atoms with van der Waals surface area (Å²) in [5, 5.41) is 23.8. The Hall–Kier alpha value is -2.57. The first-order valence-electron chi connectivity index (χ1n) is 6.52. The second-order valence-electron chi connectivity index (χ2n) is 4.62. The number of aromatic nitrogens is 2. The van der Waals surface area contributed by atoms with Crippen LogP contribution in [0.25, 0.3) is 11.3 Å². The van der Waals surface area contributed by atoms with Crippen molar-refractivity contribution in [3.63, 3.8) is 0 Å². The number of H-pyrrole nitrogens is 2. The van der Waals surface area contributed by atoms with Gasteiger partial charge in [0.05, 0.1) is 10.7 Å². The van der Waals surface area contributed by atoms with E-state index in [0.717, 1.165) is 0 Å². The van der Waals surface area contributed by atoms with E-state index in [0.29, 0.717) is 27.0 Å². The number of halogens is 2. The zero-order valence-corrected chi connectivity index (χ0v) is 13.1. The van der Waals surface area contributed by atoms with Gasteiger partial charge in [0.1, 0.15) is 11.4 Å². The molecule has 0 radical (unpaired) electrons. The molecule has 0 saturated heterocycles. The molecule has 0 saturated carbocycles. The summed E-state index contributed by atoms with van der Waals surface area (Å²) >= 11 is 11.9. The van der Waals surface area contributed by atoms with Crippen LogP contribution in [0.2, 0.25) is 10.0 Å². The largest absolute Gasteiger partial charge is 0.507 e. The number of benzene rings is 2. The number of aromatic hydroxyl groups is 1. The number of para-hydroxylation sites is 1. The fraction of sp³-hybridized carbons (Fsp3) is 0. The summed E-state index contributed by atoms with van der Waals surface area (Å²) in [4.78, 5) is 11.9. The molecule has 0 bridgehead atoms. The second-order valence-corrected chi connectivity index (χ2v) is 5.46. The molecular weight excluding hydrogens is 339 g/mol. The number of rotatable bonds is 3. The van der Waals surface area contributed by atoms with Gasteiger partial charge < -0.3 is 5.11 Å². The molecule has 0 amide bonds. The van der Waals surface area contributed by atoms with Gasteiger partial charge in [-0.2, -0.15) is 0 Å². The Bertz CT molecular complexity index is 947. The average Bonchev–Trinajstić information content (AvgIpc) is 2.89. The smallest absolute Gasteiger partial charge is 0.292 e. The lowest BCUT2D eigenvalue weighted by Crippen LogP contribution is -1.96. The molecule has 1 heterocycles. The Morgan fingerprint density at radius 1 is 1.00 bits per heavy atom. The van der Waals surface area contributed by atoms with Crippen LogP contribution >= 0.6 is 23.2 Å². The zero-order chi connectivity index (χ0) is 16.4. The Labute approximate surface area is 140 Å². The highest BCUT2D eigenvalue weighted by Crippen LogP contribution is 2.34. The first-order valence-corrected chi connectivity index (χ1v) is 7.27. The molecule has 0 fully saturated rings. The topological polar surface area (TPSA) is 93.6 Å². The summed E-state index contributed by atoms with van der Waals surface area (Å²) < 4.78 is 0. The normalized spacial score (nSPS) is 11.2. The van der Waals surface area contributed by atoms with Crippen molar-refractivity contribution in [2.75, 3.05) is 0 Å². The van der Waals surface area contributed by atoms with E-state index in [1.165, 1.54) is 12.1 Å². The Balaban J connectivity index is 2.06. The number of nitrogens with one attached hydrogen (secondary N) is 2. The molecule has 3 aromatic rings. The van der Waals surface area contributed by atoms with Crippen molar-refractivity contribution < 1.29 is 5.11 Å². The summed E-state index contributed by atoms with van der Waals surface area (Å²) in [6, 6.07) is 11.3. The number of aromatic amines is 2. The first kappa shape index (κ1) is 15.3. The quantitative estimate of drug-likeness (QED) is 0.593. The van der Waals surface area contributed by atoms with Crippen molar-refractivity contribution in [3.05, 3.63) is 62.9 Å². The minimum atomic E-state index is -0.467. The molecule has 0 atom stereocenters. The number of hydrogen-bond acceptors (Lipinski definition) is 4. The molecule has 2 aromatic carbocycles. The van der Waals surface area contributed by atoms with Crippen LogP contribution in [0, 0.1) is 0 Å². The van der Waals surface area contributed by atoms with Gasteiger partial charge in [0.15, 0.2) is 5.69 Å². The SMILES string of the molecule is O=c1[nH][nH]c(-c2ccccc2O)c1N=Nc1cc(Cl)ccc1Cl. The van der Waals surface area contributed by atoms with Crippen LogP contribution in [0.15, 0.2) is 57.5 Å². The Morgan fingerprint density at radius 3 is 2.57 bits per heavy atom. The van der Waals surface area contributed by atoms with Gasteiger partial charge in [-0.15, -0.1) is 10.2 Å². The predicted octanol–water partition coefficient (Wildman–Crippen LogP) is 4.80. The third kappa shape index (κ3) is 3.13. The standard InChI is InChI=1S/C15H10Cl2N4O2/c16-8-5-6-10(17)11(7-8)18-20-14-13(19-21-15(14)23)9-3-1-2-4-12(9)22/h1-7,22H,(H2,19,21,23). The van der Waals surface area contributed by atoms with Gasteiger partial charge in [-0.25, -0.2) is 0 Å². The van der Waals surface area contributed by atoms with E-state index in [4.69, 9.17) is 23.2 Å². The van der Waals surface area contributed by atoms with Crippen LogP contribution in [0.3, 0.4) is 0 Å².